The molecular formula is C48H72. The maximum atomic E-state index is 4.34. The maximum Gasteiger partial charge on any atom is 0.0158 e. The van der Waals surface area contributed by atoms with Crippen LogP contribution in [0.15, 0.2) is 137 Å². The molecule has 0 bridgehead atoms. The molecule has 0 unspecified atom stereocenters. The van der Waals surface area contributed by atoms with Gasteiger partial charge in [0.05, 0.1) is 0 Å². The third-order valence-electron chi connectivity index (χ3n) is 9.35. The Kier molecular flexibility index (Phi) is 14.4. The van der Waals surface area contributed by atoms with E-state index in [4.69, 9.17) is 0 Å². The summed E-state index contributed by atoms with van der Waals surface area (Å²) < 4.78 is 0. The highest BCUT2D eigenvalue weighted by molar-refractivity contribution is 5.75. The molecule has 264 valence electrons. The molecule has 0 heteroatoms. The van der Waals surface area contributed by atoms with Gasteiger partial charge in [0.1, 0.15) is 0 Å². The Balaban J connectivity index is 0.000000480. The number of rotatable bonds is 4. The fraction of sp³-hybridized carbons (Fsp3) is 0.500. The van der Waals surface area contributed by atoms with Gasteiger partial charge in [-0.05, 0) is 180 Å². The van der Waals surface area contributed by atoms with E-state index >= 15 is 0 Å². The lowest BCUT2D eigenvalue weighted by atomic mass is 9.61. The summed E-state index contributed by atoms with van der Waals surface area (Å²) in [6.07, 6.45) is 4.72. The SMILES string of the molecule is C=C(C)C1=C(C=C(C)C)C(C)(C)C(=C(C)C)C(=C(C)C)C1=C(C)C.C=C(C)C1=C(C=C(C)C)C(C)(C)C(=C(C)C)C(=C(C)C)C1=C(C)C. The average molecular weight is 649 g/mol. The molecule has 2 rings (SSSR count). The first-order valence-electron chi connectivity index (χ1n) is 17.9. The van der Waals surface area contributed by atoms with Crippen LogP contribution in [-0.2, 0) is 0 Å². The van der Waals surface area contributed by atoms with E-state index in [-0.39, 0.29) is 10.8 Å². The standard InChI is InChI=1S/2C24H36/c2*1-14(2)13-19-20(15(3)4)21(16(5)6)22(17(7)8)23(18(9)10)24(19,11)12/h2*13H,3H2,1-2,4-12H3. The van der Waals surface area contributed by atoms with Crippen LogP contribution in [0.4, 0.5) is 0 Å². The van der Waals surface area contributed by atoms with Crippen molar-refractivity contribution in [2.75, 3.05) is 0 Å². The number of hydrogen-bond donors (Lipinski definition) is 0. The summed E-state index contributed by atoms with van der Waals surface area (Å²) in [4.78, 5) is 0. The van der Waals surface area contributed by atoms with Crippen molar-refractivity contribution in [2.45, 2.75) is 152 Å². The lowest BCUT2D eigenvalue weighted by molar-refractivity contribution is 0.538. The Hall–Kier alpha value is -3.12. The predicted octanol–water partition coefficient (Wildman–Crippen LogP) is 15.7. The maximum absolute atomic E-state index is 4.34. The van der Waals surface area contributed by atoms with Crippen molar-refractivity contribution in [1.29, 1.82) is 0 Å². The quantitative estimate of drug-likeness (QED) is 0.284. The van der Waals surface area contributed by atoms with Gasteiger partial charge in [0, 0.05) is 10.8 Å². The summed E-state index contributed by atoms with van der Waals surface area (Å²) in [7, 11) is 0. The molecule has 0 saturated heterocycles. The van der Waals surface area contributed by atoms with E-state index in [0.717, 1.165) is 11.1 Å². The lowest BCUT2D eigenvalue weighted by Crippen LogP contribution is -2.28. The van der Waals surface area contributed by atoms with Gasteiger partial charge in [-0.25, -0.2) is 0 Å². The Morgan fingerprint density at radius 3 is 0.750 bits per heavy atom. The van der Waals surface area contributed by atoms with Crippen molar-refractivity contribution in [3.05, 3.63) is 137 Å². The van der Waals surface area contributed by atoms with Gasteiger partial charge in [-0.2, -0.15) is 0 Å². The molecule has 0 aromatic carbocycles. The molecule has 0 spiro atoms. The average Bonchev–Trinajstić information content (AvgIpc) is 2.87. The van der Waals surface area contributed by atoms with Crippen molar-refractivity contribution >= 4 is 0 Å². The van der Waals surface area contributed by atoms with E-state index in [2.05, 4.69) is 178 Å². The first-order chi connectivity index (χ1) is 21.7. The van der Waals surface area contributed by atoms with E-state index < -0.39 is 0 Å². The summed E-state index contributed by atoms with van der Waals surface area (Å²) in [5, 5.41) is 0. The second-order valence-electron chi connectivity index (χ2n) is 17.1. The molecule has 0 atom stereocenters. The highest BCUT2D eigenvalue weighted by Crippen LogP contribution is 2.55. The third-order valence-corrected chi connectivity index (χ3v) is 9.35. The molecule has 0 heterocycles. The number of allylic oxidation sites excluding steroid dienone is 22. The van der Waals surface area contributed by atoms with Gasteiger partial charge in [0.25, 0.3) is 0 Å². The van der Waals surface area contributed by atoms with Gasteiger partial charge in [-0.3, -0.25) is 0 Å². The van der Waals surface area contributed by atoms with Gasteiger partial charge in [-0.15, -0.1) is 0 Å². The molecule has 48 heavy (non-hydrogen) atoms. The van der Waals surface area contributed by atoms with Crippen LogP contribution in [0.3, 0.4) is 0 Å². The van der Waals surface area contributed by atoms with Crippen molar-refractivity contribution in [3.8, 4) is 0 Å². The zero-order valence-corrected chi connectivity index (χ0v) is 35.6. The molecule has 0 aromatic rings. The second kappa shape index (κ2) is 16.1. The van der Waals surface area contributed by atoms with E-state index in [0.29, 0.717) is 0 Å². The summed E-state index contributed by atoms with van der Waals surface area (Å²) in [5.41, 5.74) is 27.2. The highest BCUT2D eigenvalue weighted by Gasteiger charge is 2.41. The molecule has 0 radical (unpaired) electrons. The normalized spacial score (nSPS) is 17.0. The first-order valence-corrected chi connectivity index (χ1v) is 17.9. The van der Waals surface area contributed by atoms with Crippen LogP contribution in [0.1, 0.15) is 152 Å². The molecule has 2 aliphatic rings. The summed E-state index contributed by atoms with van der Waals surface area (Å²) in [6.45, 7) is 57.9. The smallest absolute Gasteiger partial charge is 0.0158 e. The van der Waals surface area contributed by atoms with Crippen molar-refractivity contribution in [1.82, 2.24) is 0 Å². The minimum atomic E-state index is -0.0318. The van der Waals surface area contributed by atoms with Crippen LogP contribution < -0.4 is 0 Å². The third kappa shape index (κ3) is 8.72. The van der Waals surface area contributed by atoms with Crippen molar-refractivity contribution < 1.29 is 0 Å². The molecule has 0 amide bonds. The molecule has 0 nitrogen and oxygen atoms in total. The molecule has 0 fully saturated rings. The van der Waals surface area contributed by atoms with Gasteiger partial charge in [0.15, 0.2) is 0 Å². The minimum absolute atomic E-state index is 0.0318. The zero-order valence-electron chi connectivity index (χ0n) is 35.6. The number of hydrogen-bond acceptors (Lipinski definition) is 0. The summed E-state index contributed by atoms with van der Waals surface area (Å²) >= 11 is 0. The summed E-state index contributed by atoms with van der Waals surface area (Å²) in [5.74, 6) is 0. The zero-order chi connectivity index (χ0) is 38.0. The lowest BCUT2D eigenvalue weighted by Gasteiger charge is -2.42. The molecular weight excluding hydrogens is 577 g/mol. The topological polar surface area (TPSA) is 0 Å². The largest absolute Gasteiger partial charge is 0.0955 e. The Morgan fingerprint density at radius 2 is 0.604 bits per heavy atom. The predicted molar refractivity (Wildman–Crippen MR) is 220 cm³/mol. The molecule has 0 N–H and O–H groups in total. The monoisotopic (exact) mass is 649 g/mol. The van der Waals surface area contributed by atoms with E-state index in [1.807, 2.05) is 0 Å². The Morgan fingerprint density at radius 1 is 0.375 bits per heavy atom. The second-order valence-corrected chi connectivity index (χ2v) is 17.1. The van der Waals surface area contributed by atoms with Gasteiger partial charge in [-0.1, -0.05) is 109 Å². The van der Waals surface area contributed by atoms with E-state index in [1.165, 1.54) is 100 Å². The Bertz CT molecular complexity index is 1540. The van der Waals surface area contributed by atoms with Crippen LogP contribution in [0.5, 0.6) is 0 Å². The Labute approximate surface area is 299 Å². The molecule has 0 aromatic heterocycles. The van der Waals surface area contributed by atoms with Crippen LogP contribution in [0.2, 0.25) is 0 Å². The van der Waals surface area contributed by atoms with Crippen molar-refractivity contribution in [2.24, 2.45) is 10.8 Å². The molecule has 2 aliphatic carbocycles. The van der Waals surface area contributed by atoms with E-state index in [9.17, 15) is 0 Å². The minimum Gasteiger partial charge on any atom is -0.0955 e. The van der Waals surface area contributed by atoms with Crippen LogP contribution >= 0.6 is 0 Å². The van der Waals surface area contributed by atoms with Gasteiger partial charge < -0.3 is 0 Å². The fourth-order valence-corrected chi connectivity index (χ4v) is 8.01. The van der Waals surface area contributed by atoms with Crippen LogP contribution in [0.25, 0.3) is 0 Å². The van der Waals surface area contributed by atoms with Gasteiger partial charge >= 0.3 is 0 Å². The fourth-order valence-electron chi connectivity index (χ4n) is 8.01. The van der Waals surface area contributed by atoms with Crippen LogP contribution in [0, 0.1) is 10.8 Å². The summed E-state index contributed by atoms with van der Waals surface area (Å²) in [6, 6.07) is 0. The van der Waals surface area contributed by atoms with Crippen LogP contribution in [-0.4, -0.2) is 0 Å². The highest BCUT2D eigenvalue weighted by atomic mass is 14.4. The van der Waals surface area contributed by atoms with Gasteiger partial charge in [0.2, 0.25) is 0 Å². The molecule has 0 aliphatic heterocycles. The van der Waals surface area contributed by atoms with Crippen molar-refractivity contribution in [3.63, 3.8) is 0 Å². The molecule has 0 saturated carbocycles. The van der Waals surface area contributed by atoms with E-state index in [1.54, 1.807) is 0 Å². The first kappa shape index (κ1) is 42.9.